The Bertz CT molecular complexity index is 972. The normalized spacial score (nSPS) is 10.5. The van der Waals surface area contributed by atoms with Crippen molar-refractivity contribution in [2.45, 2.75) is 19.3 Å². The summed E-state index contributed by atoms with van der Waals surface area (Å²) in [5.74, 6) is -0.142. The molecule has 0 aliphatic heterocycles. The number of hydrogen-bond acceptors (Lipinski definition) is 5. The van der Waals surface area contributed by atoms with Gasteiger partial charge in [0.15, 0.2) is 0 Å². The third-order valence-corrected chi connectivity index (χ3v) is 4.09. The number of aromatic nitrogens is 2. The Hall–Kier alpha value is -3.39. The molecular weight excluding hydrogens is 384 g/mol. The van der Waals surface area contributed by atoms with E-state index in [9.17, 15) is 9.59 Å². The Morgan fingerprint density at radius 2 is 1.79 bits per heavy atom. The van der Waals surface area contributed by atoms with Gasteiger partial charge in [-0.1, -0.05) is 23.7 Å². The Kier molecular flexibility index (Phi) is 6.23. The first-order valence-electron chi connectivity index (χ1n) is 8.48. The number of carbonyl (C=O) groups excluding carboxylic acids is 1. The van der Waals surface area contributed by atoms with E-state index in [1.165, 1.54) is 0 Å². The molecule has 3 N–H and O–H groups in total. The number of carboxylic acids is 1. The maximum Gasteiger partial charge on any atom is 0.323 e. The average molecular weight is 401 g/mol. The van der Waals surface area contributed by atoms with Crippen LogP contribution >= 0.6 is 11.6 Å². The summed E-state index contributed by atoms with van der Waals surface area (Å²) in [6.45, 7) is 0. The number of carboxylic acid groups (broad SMARTS) is 1. The lowest BCUT2D eigenvalue weighted by molar-refractivity contribution is -0.137. The molecule has 144 valence electrons. The van der Waals surface area contributed by atoms with E-state index in [1.807, 2.05) is 0 Å². The molecule has 9 heteroatoms. The van der Waals surface area contributed by atoms with Gasteiger partial charge in [0.2, 0.25) is 11.8 Å². The van der Waals surface area contributed by atoms with Crippen LogP contribution in [0, 0.1) is 0 Å². The van der Waals surface area contributed by atoms with E-state index >= 15 is 0 Å². The Labute approximate surface area is 165 Å². The van der Waals surface area contributed by atoms with Crippen LogP contribution in [0.2, 0.25) is 5.02 Å². The van der Waals surface area contributed by atoms with Crippen molar-refractivity contribution in [3.63, 3.8) is 0 Å². The van der Waals surface area contributed by atoms with E-state index < -0.39 is 12.0 Å². The summed E-state index contributed by atoms with van der Waals surface area (Å²) in [7, 11) is 0. The van der Waals surface area contributed by atoms with Gasteiger partial charge in [-0.2, -0.15) is 0 Å². The summed E-state index contributed by atoms with van der Waals surface area (Å²) in [6, 6.07) is 13.4. The van der Waals surface area contributed by atoms with E-state index in [4.69, 9.17) is 21.1 Å². The van der Waals surface area contributed by atoms with Gasteiger partial charge in [-0.05, 0) is 42.8 Å². The fraction of sp³-hybridized carbons (Fsp3) is 0.158. The highest BCUT2D eigenvalue weighted by atomic mass is 35.5. The van der Waals surface area contributed by atoms with Crippen molar-refractivity contribution in [2.75, 3.05) is 10.6 Å². The van der Waals surface area contributed by atoms with Crippen molar-refractivity contribution >= 4 is 35.0 Å². The van der Waals surface area contributed by atoms with E-state index in [-0.39, 0.29) is 6.42 Å². The number of hydrogen-bond donors (Lipinski definition) is 3. The third-order valence-electron chi connectivity index (χ3n) is 3.76. The topological polar surface area (TPSA) is 117 Å². The van der Waals surface area contributed by atoms with E-state index in [0.29, 0.717) is 46.6 Å². The van der Waals surface area contributed by atoms with Gasteiger partial charge in [0, 0.05) is 24.1 Å². The molecule has 0 bridgehead atoms. The maximum absolute atomic E-state index is 12.1. The zero-order chi connectivity index (χ0) is 19.9. The summed E-state index contributed by atoms with van der Waals surface area (Å²) in [5.41, 5.74) is 1.78. The quantitative estimate of drug-likeness (QED) is 0.539. The van der Waals surface area contributed by atoms with Crippen LogP contribution in [-0.2, 0) is 11.2 Å². The molecule has 3 aromatic rings. The first kappa shape index (κ1) is 19.4. The van der Waals surface area contributed by atoms with Gasteiger partial charge in [-0.25, -0.2) is 4.79 Å². The van der Waals surface area contributed by atoms with Crippen LogP contribution in [0.15, 0.2) is 52.9 Å². The fourth-order valence-corrected chi connectivity index (χ4v) is 2.59. The molecule has 0 saturated carbocycles. The number of amides is 2. The lowest BCUT2D eigenvalue weighted by atomic mass is 10.2. The highest BCUT2D eigenvalue weighted by Crippen LogP contribution is 2.22. The number of halogens is 1. The zero-order valence-corrected chi connectivity index (χ0v) is 15.4. The molecule has 28 heavy (non-hydrogen) atoms. The number of nitrogens with zero attached hydrogens (tertiary/aromatic N) is 2. The molecule has 0 aliphatic rings. The minimum atomic E-state index is -0.860. The lowest BCUT2D eigenvalue weighted by Gasteiger charge is -2.09. The number of urea groups is 1. The van der Waals surface area contributed by atoms with Gasteiger partial charge in [0.05, 0.1) is 10.7 Å². The van der Waals surface area contributed by atoms with Crippen LogP contribution < -0.4 is 10.6 Å². The van der Waals surface area contributed by atoms with Crippen LogP contribution in [0.25, 0.3) is 11.5 Å². The van der Waals surface area contributed by atoms with Crippen LogP contribution in [0.1, 0.15) is 18.7 Å². The minimum absolute atomic E-state index is 0.0499. The molecule has 3 rings (SSSR count). The second kappa shape index (κ2) is 9.01. The molecule has 0 fully saturated rings. The Morgan fingerprint density at radius 1 is 1.04 bits per heavy atom. The monoisotopic (exact) mass is 400 g/mol. The lowest BCUT2D eigenvalue weighted by Crippen LogP contribution is -2.19. The molecule has 2 amide bonds. The van der Waals surface area contributed by atoms with Gasteiger partial charge in [-0.15, -0.1) is 10.2 Å². The molecule has 0 radical (unpaired) electrons. The largest absolute Gasteiger partial charge is 0.481 e. The van der Waals surface area contributed by atoms with Gasteiger partial charge in [-0.3, -0.25) is 4.79 Å². The second-order valence-corrected chi connectivity index (χ2v) is 6.29. The summed E-state index contributed by atoms with van der Waals surface area (Å²) < 4.78 is 5.54. The van der Waals surface area contributed by atoms with Crippen molar-refractivity contribution in [1.29, 1.82) is 0 Å². The SMILES string of the molecule is O=C(O)CCCc1nnc(-c2ccc(NC(=O)Nc3ccccc3Cl)cc2)o1. The molecule has 0 spiro atoms. The standard InChI is InChI=1S/C19H17ClN4O4/c20-14-4-1-2-5-15(14)22-19(27)21-13-10-8-12(9-11-13)18-24-23-16(28-18)6-3-7-17(25)26/h1-2,4-5,8-11H,3,6-7H2,(H,25,26)(H2,21,22,27). The molecular formula is C19H17ClN4O4. The molecule has 0 atom stereocenters. The first-order valence-corrected chi connectivity index (χ1v) is 8.86. The molecule has 1 heterocycles. The minimum Gasteiger partial charge on any atom is -0.481 e. The fourth-order valence-electron chi connectivity index (χ4n) is 2.41. The van der Waals surface area contributed by atoms with Gasteiger partial charge in [0.25, 0.3) is 0 Å². The summed E-state index contributed by atoms with van der Waals surface area (Å²) in [5, 5.41) is 22.4. The molecule has 8 nitrogen and oxygen atoms in total. The number of anilines is 2. The van der Waals surface area contributed by atoms with E-state index in [0.717, 1.165) is 0 Å². The number of aryl methyl sites for hydroxylation is 1. The first-order chi connectivity index (χ1) is 13.5. The van der Waals surface area contributed by atoms with Crippen molar-refractivity contribution in [3.05, 3.63) is 59.4 Å². The molecule has 2 aromatic carbocycles. The smallest absolute Gasteiger partial charge is 0.323 e. The number of carbonyl (C=O) groups is 2. The molecule has 0 aliphatic carbocycles. The predicted octanol–water partition coefficient (Wildman–Crippen LogP) is 4.44. The van der Waals surface area contributed by atoms with Gasteiger partial charge in [0.1, 0.15) is 0 Å². The number of nitrogens with one attached hydrogen (secondary N) is 2. The maximum atomic E-state index is 12.1. The van der Waals surface area contributed by atoms with E-state index in [2.05, 4.69) is 20.8 Å². The van der Waals surface area contributed by atoms with Crippen LogP contribution in [0.4, 0.5) is 16.2 Å². The second-order valence-electron chi connectivity index (χ2n) is 5.88. The molecule has 0 saturated heterocycles. The number of aliphatic carboxylic acids is 1. The van der Waals surface area contributed by atoms with Crippen LogP contribution in [0.3, 0.4) is 0 Å². The highest BCUT2D eigenvalue weighted by molar-refractivity contribution is 6.33. The average Bonchev–Trinajstić information content (AvgIpc) is 3.13. The number of para-hydroxylation sites is 1. The van der Waals surface area contributed by atoms with Crippen molar-refractivity contribution < 1.29 is 19.1 Å². The summed E-state index contributed by atoms with van der Waals surface area (Å²) in [4.78, 5) is 22.6. The summed E-state index contributed by atoms with van der Waals surface area (Å²) in [6.07, 6.45) is 0.885. The molecule has 1 aromatic heterocycles. The van der Waals surface area contributed by atoms with Gasteiger partial charge >= 0.3 is 12.0 Å². The number of rotatable bonds is 7. The number of benzene rings is 2. The van der Waals surface area contributed by atoms with Crippen LogP contribution in [-0.4, -0.2) is 27.3 Å². The van der Waals surface area contributed by atoms with Crippen molar-refractivity contribution in [2.24, 2.45) is 0 Å². The summed E-state index contributed by atoms with van der Waals surface area (Å²) >= 11 is 6.01. The predicted molar refractivity (Wildman–Crippen MR) is 104 cm³/mol. The third kappa shape index (κ3) is 5.31. The van der Waals surface area contributed by atoms with Crippen LogP contribution in [0.5, 0.6) is 0 Å². The Morgan fingerprint density at radius 3 is 2.50 bits per heavy atom. The highest BCUT2D eigenvalue weighted by Gasteiger charge is 2.10. The van der Waals surface area contributed by atoms with Crippen molar-refractivity contribution in [3.8, 4) is 11.5 Å². The van der Waals surface area contributed by atoms with E-state index in [1.54, 1.807) is 48.5 Å². The zero-order valence-electron chi connectivity index (χ0n) is 14.7. The van der Waals surface area contributed by atoms with Gasteiger partial charge < -0.3 is 20.2 Å². The Balaban J connectivity index is 1.57. The van der Waals surface area contributed by atoms with Crippen molar-refractivity contribution in [1.82, 2.24) is 10.2 Å². The molecule has 0 unspecified atom stereocenters.